The number of nitrogens with zero attached hydrogens (tertiary/aromatic N) is 1. The first-order valence-corrected chi connectivity index (χ1v) is 9.25. The Morgan fingerprint density at radius 1 is 1.03 bits per heavy atom. The third-order valence-corrected chi connectivity index (χ3v) is 4.10. The molecule has 29 heavy (non-hydrogen) atoms. The first-order valence-electron chi connectivity index (χ1n) is 8.84. The van der Waals surface area contributed by atoms with Crippen LogP contribution in [0.4, 0.5) is 10.1 Å². The zero-order chi connectivity index (χ0) is 20.5. The second kappa shape index (κ2) is 10.2. The molecule has 2 N–H and O–H groups in total. The van der Waals surface area contributed by atoms with E-state index in [1.807, 2.05) is 48.5 Å². The summed E-state index contributed by atoms with van der Waals surface area (Å²) < 4.78 is 24.2. The lowest BCUT2D eigenvalue weighted by Crippen LogP contribution is -2.23. The Balaban J connectivity index is 1.56. The van der Waals surface area contributed by atoms with Gasteiger partial charge in [-0.25, -0.2) is 4.39 Å². The standard InChI is InChI=1S/C22H20FN3O2S/c1-27-21-13-17(7-12-20(21)28-15-16-5-3-2-4-6-16)14-24-26-22(29)25-19-10-8-18(23)9-11-19/h2-14H,15H2,1H3,(H2,25,26,29). The van der Waals surface area contributed by atoms with E-state index in [1.165, 1.54) is 12.1 Å². The minimum absolute atomic E-state index is 0.294. The summed E-state index contributed by atoms with van der Waals surface area (Å²) >= 11 is 5.16. The molecule has 5 nitrogen and oxygen atoms in total. The highest BCUT2D eigenvalue weighted by atomic mass is 32.1. The van der Waals surface area contributed by atoms with Gasteiger partial charge in [0.2, 0.25) is 0 Å². The maximum atomic E-state index is 12.9. The quantitative estimate of drug-likeness (QED) is 0.336. The number of nitrogens with one attached hydrogen (secondary N) is 2. The van der Waals surface area contributed by atoms with Crippen LogP contribution in [-0.2, 0) is 6.61 Å². The number of rotatable bonds is 7. The molecule has 0 amide bonds. The third kappa shape index (κ3) is 6.29. The van der Waals surface area contributed by atoms with Crippen molar-refractivity contribution in [1.29, 1.82) is 0 Å². The van der Waals surface area contributed by atoms with Crippen LogP contribution in [0.1, 0.15) is 11.1 Å². The van der Waals surface area contributed by atoms with Crippen molar-refractivity contribution in [2.45, 2.75) is 6.61 Å². The lowest BCUT2D eigenvalue weighted by Gasteiger charge is -2.11. The number of ether oxygens (including phenoxy) is 2. The van der Waals surface area contributed by atoms with E-state index >= 15 is 0 Å². The van der Waals surface area contributed by atoms with Crippen LogP contribution in [0.5, 0.6) is 11.5 Å². The maximum Gasteiger partial charge on any atom is 0.191 e. The Hall–Kier alpha value is -3.45. The highest BCUT2D eigenvalue weighted by molar-refractivity contribution is 7.80. The monoisotopic (exact) mass is 409 g/mol. The van der Waals surface area contributed by atoms with Gasteiger partial charge in [0, 0.05) is 5.69 Å². The van der Waals surface area contributed by atoms with Crippen LogP contribution in [-0.4, -0.2) is 18.4 Å². The van der Waals surface area contributed by atoms with E-state index in [1.54, 1.807) is 25.5 Å². The SMILES string of the molecule is COc1cc(C=NNC(=S)Nc2ccc(F)cc2)ccc1OCc1ccccc1. The van der Waals surface area contributed by atoms with Crippen LogP contribution < -0.4 is 20.2 Å². The molecule has 3 aromatic rings. The van der Waals surface area contributed by atoms with E-state index in [9.17, 15) is 4.39 Å². The molecular weight excluding hydrogens is 389 g/mol. The smallest absolute Gasteiger partial charge is 0.191 e. The maximum absolute atomic E-state index is 12.9. The number of halogens is 1. The van der Waals surface area contributed by atoms with Gasteiger partial charge < -0.3 is 14.8 Å². The number of methoxy groups -OCH3 is 1. The summed E-state index contributed by atoms with van der Waals surface area (Å²) in [5, 5.41) is 7.31. The van der Waals surface area contributed by atoms with Crippen molar-refractivity contribution < 1.29 is 13.9 Å². The third-order valence-electron chi connectivity index (χ3n) is 3.91. The zero-order valence-electron chi connectivity index (χ0n) is 15.8. The molecule has 3 aromatic carbocycles. The summed E-state index contributed by atoms with van der Waals surface area (Å²) in [6.45, 7) is 0.454. The fourth-order valence-electron chi connectivity index (χ4n) is 2.48. The van der Waals surface area contributed by atoms with Crippen LogP contribution in [0.3, 0.4) is 0 Å². The van der Waals surface area contributed by atoms with Gasteiger partial charge in [-0.1, -0.05) is 30.3 Å². The van der Waals surface area contributed by atoms with Gasteiger partial charge >= 0.3 is 0 Å². The molecule has 0 spiro atoms. The van der Waals surface area contributed by atoms with Gasteiger partial charge in [0.15, 0.2) is 16.6 Å². The van der Waals surface area contributed by atoms with E-state index in [2.05, 4.69) is 15.8 Å². The number of thiocarbonyl (C=S) groups is 1. The zero-order valence-corrected chi connectivity index (χ0v) is 16.6. The summed E-state index contributed by atoms with van der Waals surface area (Å²) in [5.74, 6) is 0.949. The number of anilines is 1. The Labute approximate surface area is 174 Å². The minimum atomic E-state index is -0.308. The second-order valence-corrected chi connectivity index (χ2v) is 6.42. The molecular formula is C22H20FN3O2S. The van der Waals surface area contributed by atoms with Crippen molar-refractivity contribution >= 4 is 29.2 Å². The molecule has 0 aliphatic rings. The van der Waals surface area contributed by atoms with Crippen molar-refractivity contribution in [3.63, 3.8) is 0 Å². The van der Waals surface area contributed by atoms with E-state index in [0.29, 0.717) is 28.9 Å². The van der Waals surface area contributed by atoms with Gasteiger partial charge in [0.1, 0.15) is 12.4 Å². The molecule has 0 aliphatic carbocycles. The van der Waals surface area contributed by atoms with Gasteiger partial charge in [-0.2, -0.15) is 5.10 Å². The molecule has 0 atom stereocenters. The molecule has 0 aliphatic heterocycles. The molecule has 0 aromatic heterocycles. The highest BCUT2D eigenvalue weighted by Crippen LogP contribution is 2.28. The molecule has 0 bridgehead atoms. The van der Waals surface area contributed by atoms with E-state index < -0.39 is 0 Å². The van der Waals surface area contributed by atoms with Crippen molar-refractivity contribution in [3.05, 3.63) is 89.7 Å². The number of hydrogen-bond acceptors (Lipinski definition) is 4. The molecule has 0 fully saturated rings. The topological polar surface area (TPSA) is 54.9 Å². The Kier molecular flexibility index (Phi) is 7.13. The van der Waals surface area contributed by atoms with Crippen molar-refractivity contribution in [1.82, 2.24) is 5.43 Å². The molecule has 0 saturated carbocycles. The van der Waals surface area contributed by atoms with Crippen molar-refractivity contribution in [2.24, 2.45) is 5.10 Å². The summed E-state index contributed by atoms with van der Waals surface area (Å²) in [7, 11) is 1.59. The van der Waals surface area contributed by atoms with Gasteiger partial charge in [-0.05, 0) is 65.8 Å². The largest absolute Gasteiger partial charge is 0.493 e. The average Bonchev–Trinajstić information content (AvgIpc) is 2.75. The van der Waals surface area contributed by atoms with Crippen LogP contribution in [0.15, 0.2) is 77.9 Å². The van der Waals surface area contributed by atoms with Crippen molar-refractivity contribution in [3.8, 4) is 11.5 Å². The Morgan fingerprint density at radius 2 is 1.79 bits per heavy atom. The Bertz CT molecular complexity index is 979. The van der Waals surface area contributed by atoms with Crippen LogP contribution >= 0.6 is 12.2 Å². The highest BCUT2D eigenvalue weighted by Gasteiger charge is 2.06. The van der Waals surface area contributed by atoms with Gasteiger partial charge in [0.25, 0.3) is 0 Å². The summed E-state index contributed by atoms with van der Waals surface area (Å²) in [6.07, 6.45) is 1.61. The Morgan fingerprint density at radius 3 is 2.52 bits per heavy atom. The molecule has 0 heterocycles. The second-order valence-electron chi connectivity index (χ2n) is 6.02. The summed E-state index contributed by atoms with van der Waals surface area (Å²) in [6, 6.07) is 21.3. The predicted octanol–water partition coefficient (Wildman–Crippen LogP) is 4.73. The van der Waals surface area contributed by atoms with Gasteiger partial charge in [-0.15, -0.1) is 0 Å². The number of hydrazone groups is 1. The molecule has 0 unspecified atom stereocenters. The summed E-state index contributed by atoms with van der Waals surface area (Å²) in [4.78, 5) is 0. The van der Waals surface area contributed by atoms with Crippen molar-refractivity contribution in [2.75, 3.05) is 12.4 Å². The predicted molar refractivity (Wildman–Crippen MR) is 117 cm³/mol. The molecule has 0 saturated heterocycles. The fourth-order valence-corrected chi connectivity index (χ4v) is 2.65. The fraction of sp³-hybridized carbons (Fsp3) is 0.0909. The minimum Gasteiger partial charge on any atom is -0.493 e. The van der Waals surface area contributed by atoms with Gasteiger partial charge in [-0.3, -0.25) is 5.43 Å². The first kappa shape index (κ1) is 20.3. The number of hydrogen-bond donors (Lipinski definition) is 2. The van der Waals surface area contributed by atoms with E-state index in [4.69, 9.17) is 21.7 Å². The summed E-state index contributed by atoms with van der Waals surface area (Å²) in [5.41, 5.74) is 5.27. The molecule has 7 heteroatoms. The normalized spacial score (nSPS) is 10.6. The van der Waals surface area contributed by atoms with E-state index in [0.717, 1.165) is 11.1 Å². The lowest BCUT2D eigenvalue weighted by molar-refractivity contribution is 0.284. The first-order chi connectivity index (χ1) is 14.1. The van der Waals surface area contributed by atoms with Gasteiger partial charge in [0.05, 0.1) is 13.3 Å². The van der Waals surface area contributed by atoms with E-state index in [-0.39, 0.29) is 5.82 Å². The van der Waals surface area contributed by atoms with Crippen LogP contribution in [0, 0.1) is 5.82 Å². The average molecular weight is 409 g/mol. The lowest BCUT2D eigenvalue weighted by atomic mass is 10.2. The molecule has 0 radical (unpaired) electrons. The number of benzene rings is 3. The molecule has 148 valence electrons. The van der Waals surface area contributed by atoms with Crippen LogP contribution in [0.2, 0.25) is 0 Å². The van der Waals surface area contributed by atoms with Crippen LogP contribution in [0.25, 0.3) is 0 Å². The molecule has 3 rings (SSSR count).